The minimum atomic E-state index is 0.733. The number of benzene rings is 1. The Balaban J connectivity index is 2.08. The number of hydrogen-bond donors (Lipinski definition) is 1. The van der Waals surface area contributed by atoms with Gasteiger partial charge in [0.1, 0.15) is 0 Å². The molecule has 4 nitrogen and oxygen atoms in total. The van der Waals surface area contributed by atoms with Crippen LogP contribution < -0.4 is 5.73 Å². The normalized spacial score (nSPS) is 11.2. The lowest BCUT2D eigenvalue weighted by molar-refractivity contribution is 0.247. The molecule has 0 saturated carbocycles. The van der Waals surface area contributed by atoms with Crippen LogP contribution in [0.5, 0.6) is 0 Å². The van der Waals surface area contributed by atoms with Crippen molar-refractivity contribution in [3.05, 3.63) is 53.3 Å². The van der Waals surface area contributed by atoms with Gasteiger partial charge in [-0.15, -0.1) is 0 Å². The van der Waals surface area contributed by atoms with E-state index in [1.807, 2.05) is 0 Å². The summed E-state index contributed by atoms with van der Waals surface area (Å²) in [6.45, 7) is 8.72. The van der Waals surface area contributed by atoms with Gasteiger partial charge in [-0.05, 0) is 38.4 Å². The standard InChI is InChI=1S/C17H26N4/c1-3-21-17(12-15(2)19-21)14-20(11-7-10-18)13-16-8-5-4-6-9-16/h4-6,8-9,12H,3,7,10-11,13-14,18H2,1-2H3. The summed E-state index contributed by atoms with van der Waals surface area (Å²) in [4.78, 5) is 2.45. The van der Waals surface area contributed by atoms with E-state index in [9.17, 15) is 0 Å². The summed E-state index contributed by atoms with van der Waals surface area (Å²) in [5, 5.41) is 4.53. The Morgan fingerprint density at radius 1 is 1.19 bits per heavy atom. The van der Waals surface area contributed by atoms with E-state index in [2.05, 4.69) is 64.9 Å². The van der Waals surface area contributed by atoms with Gasteiger partial charge in [0.15, 0.2) is 0 Å². The van der Waals surface area contributed by atoms with Gasteiger partial charge in [-0.1, -0.05) is 30.3 Å². The van der Waals surface area contributed by atoms with Crippen LogP contribution in [0.4, 0.5) is 0 Å². The molecular formula is C17H26N4. The quantitative estimate of drug-likeness (QED) is 0.811. The summed E-state index contributed by atoms with van der Waals surface area (Å²) in [7, 11) is 0. The molecule has 0 aliphatic heterocycles. The van der Waals surface area contributed by atoms with Gasteiger partial charge in [0.25, 0.3) is 0 Å². The van der Waals surface area contributed by atoms with Crippen LogP contribution in [0, 0.1) is 6.92 Å². The molecule has 2 aromatic rings. The monoisotopic (exact) mass is 286 g/mol. The average molecular weight is 286 g/mol. The molecule has 0 aliphatic rings. The fourth-order valence-corrected chi connectivity index (χ4v) is 2.60. The minimum Gasteiger partial charge on any atom is -0.330 e. The molecule has 1 aromatic heterocycles. The van der Waals surface area contributed by atoms with E-state index < -0.39 is 0 Å². The number of nitrogens with zero attached hydrogens (tertiary/aromatic N) is 3. The van der Waals surface area contributed by atoms with Crippen LogP contribution in [-0.2, 0) is 19.6 Å². The second-order valence-corrected chi connectivity index (χ2v) is 5.43. The summed E-state index contributed by atoms with van der Waals surface area (Å²) in [5.41, 5.74) is 9.39. The van der Waals surface area contributed by atoms with Gasteiger partial charge in [0.05, 0.1) is 11.4 Å². The second kappa shape index (κ2) is 7.96. The van der Waals surface area contributed by atoms with Crippen molar-refractivity contribution in [3.8, 4) is 0 Å². The SMILES string of the molecule is CCn1nc(C)cc1CN(CCCN)Cc1ccccc1. The van der Waals surface area contributed by atoms with Gasteiger partial charge >= 0.3 is 0 Å². The van der Waals surface area contributed by atoms with Gasteiger partial charge in [0, 0.05) is 26.2 Å². The molecule has 1 heterocycles. The number of aryl methyl sites for hydroxylation is 2. The molecule has 114 valence electrons. The molecule has 0 atom stereocenters. The van der Waals surface area contributed by atoms with Crippen molar-refractivity contribution >= 4 is 0 Å². The number of hydrogen-bond acceptors (Lipinski definition) is 3. The maximum atomic E-state index is 5.68. The molecular weight excluding hydrogens is 260 g/mol. The van der Waals surface area contributed by atoms with Gasteiger partial charge in [0.2, 0.25) is 0 Å². The molecule has 0 aliphatic carbocycles. The number of rotatable bonds is 8. The van der Waals surface area contributed by atoms with Gasteiger partial charge in [-0.3, -0.25) is 9.58 Å². The smallest absolute Gasteiger partial charge is 0.0597 e. The minimum absolute atomic E-state index is 0.733. The van der Waals surface area contributed by atoms with E-state index in [1.165, 1.54) is 11.3 Å². The first kappa shape index (κ1) is 15.7. The maximum absolute atomic E-state index is 5.68. The van der Waals surface area contributed by atoms with Crippen LogP contribution in [0.2, 0.25) is 0 Å². The zero-order valence-electron chi connectivity index (χ0n) is 13.1. The number of aromatic nitrogens is 2. The molecule has 0 fully saturated rings. The van der Waals surface area contributed by atoms with Crippen molar-refractivity contribution in [2.45, 2.75) is 39.9 Å². The first-order valence-electron chi connectivity index (χ1n) is 7.72. The molecule has 1 aromatic carbocycles. The molecule has 21 heavy (non-hydrogen) atoms. The molecule has 2 rings (SSSR count). The highest BCUT2D eigenvalue weighted by Gasteiger charge is 2.11. The molecule has 0 amide bonds. The van der Waals surface area contributed by atoms with Gasteiger partial charge in [-0.25, -0.2) is 0 Å². The molecule has 0 spiro atoms. The Bertz CT molecular complexity index is 533. The third-order valence-corrected chi connectivity index (χ3v) is 3.60. The Labute approximate surface area is 127 Å². The Morgan fingerprint density at radius 2 is 1.95 bits per heavy atom. The fraction of sp³-hybridized carbons (Fsp3) is 0.471. The van der Waals surface area contributed by atoms with Crippen molar-refractivity contribution < 1.29 is 0 Å². The molecule has 0 radical (unpaired) electrons. The van der Waals surface area contributed by atoms with E-state index >= 15 is 0 Å². The summed E-state index contributed by atoms with van der Waals surface area (Å²) in [6.07, 6.45) is 1.02. The first-order chi connectivity index (χ1) is 10.2. The summed E-state index contributed by atoms with van der Waals surface area (Å²) >= 11 is 0. The lowest BCUT2D eigenvalue weighted by Gasteiger charge is -2.22. The van der Waals surface area contributed by atoms with Crippen molar-refractivity contribution in [3.63, 3.8) is 0 Å². The molecule has 2 N–H and O–H groups in total. The average Bonchev–Trinajstić information content (AvgIpc) is 2.85. The highest BCUT2D eigenvalue weighted by molar-refractivity contribution is 5.15. The van der Waals surface area contributed by atoms with Gasteiger partial charge < -0.3 is 5.73 Å². The van der Waals surface area contributed by atoms with Crippen molar-refractivity contribution in [1.82, 2.24) is 14.7 Å². The summed E-state index contributed by atoms with van der Waals surface area (Å²) in [6, 6.07) is 12.8. The van der Waals surface area contributed by atoms with E-state index in [-0.39, 0.29) is 0 Å². The second-order valence-electron chi connectivity index (χ2n) is 5.43. The van der Waals surface area contributed by atoms with E-state index in [4.69, 9.17) is 5.73 Å². The van der Waals surface area contributed by atoms with Crippen LogP contribution in [0.3, 0.4) is 0 Å². The largest absolute Gasteiger partial charge is 0.330 e. The van der Waals surface area contributed by atoms with E-state index in [1.54, 1.807) is 0 Å². The Hall–Kier alpha value is -1.65. The highest BCUT2D eigenvalue weighted by Crippen LogP contribution is 2.12. The van der Waals surface area contributed by atoms with E-state index in [0.717, 1.165) is 44.8 Å². The van der Waals surface area contributed by atoms with Crippen molar-refractivity contribution in [2.24, 2.45) is 5.73 Å². The van der Waals surface area contributed by atoms with Crippen LogP contribution in [-0.4, -0.2) is 27.8 Å². The fourth-order valence-electron chi connectivity index (χ4n) is 2.60. The Kier molecular flexibility index (Phi) is 5.96. The highest BCUT2D eigenvalue weighted by atomic mass is 15.3. The molecule has 0 saturated heterocycles. The number of nitrogens with two attached hydrogens (primary N) is 1. The topological polar surface area (TPSA) is 47.1 Å². The van der Waals surface area contributed by atoms with Crippen LogP contribution >= 0.6 is 0 Å². The molecule has 0 bridgehead atoms. The predicted molar refractivity (Wildman–Crippen MR) is 86.9 cm³/mol. The van der Waals surface area contributed by atoms with Gasteiger partial charge in [-0.2, -0.15) is 5.10 Å². The first-order valence-corrected chi connectivity index (χ1v) is 7.72. The maximum Gasteiger partial charge on any atom is 0.0597 e. The van der Waals surface area contributed by atoms with Crippen molar-refractivity contribution in [1.29, 1.82) is 0 Å². The Morgan fingerprint density at radius 3 is 2.62 bits per heavy atom. The zero-order valence-corrected chi connectivity index (χ0v) is 13.1. The lowest BCUT2D eigenvalue weighted by Crippen LogP contribution is -2.27. The molecule has 0 unspecified atom stereocenters. The van der Waals surface area contributed by atoms with Crippen LogP contribution in [0.25, 0.3) is 0 Å². The summed E-state index contributed by atoms with van der Waals surface area (Å²) < 4.78 is 2.09. The molecule has 4 heteroatoms. The van der Waals surface area contributed by atoms with Crippen LogP contribution in [0.15, 0.2) is 36.4 Å². The van der Waals surface area contributed by atoms with E-state index in [0.29, 0.717) is 0 Å². The predicted octanol–water partition coefficient (Wildman–Crippen LogP) is 2.56. The lowest BCUT2D eigenvalue weighted by atomic mass is 10.2. The van der Waals surface area contributed by atoms with Crippen molar-refractivity contribution in [2.75, 3.05) is 13.1 Å². The van der Waals surface area contributed by atoms with Crippen LogP contribution in [0.1, 0.15) is 30.3 Å². The third-order valence-electron chi connectivity index (χ3n) is 3.60. The zero-order chi connectivity index (χ0) is 15.1. The summed E-state index contributed by atoms with van der Waals surface area (Å²) in [5.74, 6) is 0. The third kappa shape index (κ3) is 4.69.